The number of nitrogens with zero attached hydrogens (tertiary/aromatic N) is 3. The summed E-state index contributed by atoms with van der Waals surface area (Å²) in [4.78, 5) is 19.1. The van der Waals surface area contributed by atoms with Crippen LogP contribution in [0.1, 0.15) is 40.6 Å². The first kappa shape index (κ1) is 17.3. The maximum atomic E-state index is 12.9. The van der Waals surface area contributed by atoms with Gasteiger partial charge in [-0.2, -0.15) is 4.98 Å². The van der Waals surface area contributed by atoms with Gasteiger partial charge in [0.05, 0.1) is 5.92 Å². The van der Waals surface area contributed by atoms with E-state index in [1.807, 2.05) is 66.4 Å². The molecule has 6 heteroatoms. The minimum atomic E-state index is 0.0207. The Bertz CT molecular complexity index is 923. The molecule has 2 aromatic carbocycles. The van der Waals surface area contributed by atoms with Gasteiger partial charge in [-0.1, -0.05) is 36.4 Å². The van der Waals surface area contributed by atoms with Gasteiger partial charge in [-0.3, -0.25) is 4.79 Å². The van der Waals surface area contributed by atoms with E-state index >= 15 is 0 Å². The lowest BCUT2D eigenvalue weighted by molar-refractivity contribution is 0.0695. The van der Waals surface area contributed by atoms with Crippen LogP contribution in [-0.4, -0.2) is 34.0 Å². The summed E-state index contributed by atoms with van der Waals surface area (Å²) in [6, 6.07) is 17.2. The molecule has 1 atom stereocenters. The molecular weight excluding hydrogens is 342 g/mol. The maximum absolute atomic E-state index is 12.9. The monoisotopic (exact) mass is 363 g/mol. The molecule has 27 heavy (non-hydrogen) atoms. The van der Waals surface area contributed by atoms with Crippen molar-refractivity contribution in [3.8, 4) is 11.8 Å². The van der Waals surface area contributed by atoms with E-state index in [0.29, 0.717) is 18.2 Å². The quantitative estimate of drug-likeness (QED) is 0.695. The third-order valence-corrected chi connectivity index (χ3v) is 4.81. The molecule has 0 bridgehead atoms. The lowest BCUT2D eigenvalue weighted by atomic mass is 9.96. The fourth-order valence-electron chi connectivity index (χ4n) is 3.37. The summed E-state index contributed by atoms with van der Waals surface area (Å²) >= 11 is 0. The number of amides is 1. The molecule has 4 rings (SSSR count). The fourth-order valence-corrected chi connectivity index (χ4v) is 3.37. The van der Waals surface area contributed by atoms with Crippen LogP contribution in [-0.2, 0) is 0 Å². The minimum absolute atomic E-state index is 0.0207. The van der Waals surface area contributed by atoms with Gasteiger partial charge in [0, 0.05) is 18.7 Å². The Morgan fingerprint density at radius 3 is 2.74 bits per heavy atom. The predicted molar refractivity (Wildman–Crippen MR) is 99.9 cm³/mol. The Labute approximate surface area is 157 Å². The predicted octanol–water partition coefficient (Wildman–Crippen LogP) is 4.19. The molecule has 0 saturated carbocycles. The molecule has 1 saturated heterocycles. The van der Waals surface area contributed by atoms with Crippen molar-refractivity contribution >= 4 is 5.91 Å². The van der Waals surface area contributed by atoms with E-state index in [0.717, 1.165) is 30.5 Å². The van der Waals surface area contributed by atoms with Crippen molar-refractivity contribution in [2.24, 2.45) is 0 Å². The lowest BCUT2D eigenvalue weighted by Crippen LogP contribution is -2.39. The van der Waals surface area contributed by atoms with Crippen LogP contribution in [0.2, 0.25) is 0 Å². The Morgan fingerprint density at radius 2 is 1.93 bits per heavy atom. The van der Waals surface area contributed by atoms with E-state index < -0.39 is 0 Å². The Hall–Kier alpha value is -3.15. The van der Waals surface area contributed by atoms with E-state index in [-0.39, 0.29) is 17.8 Å². The number of carbonyl (C=O) groups is 1. The topological polar surface area (TPSA) is 68.5 Å². The smallest absolute Gasteiger partial charge is 0.359 e. The fraction of sp³-hybridized carbons (Fsp3) is 0.286. The van der Waals surface area contributed by atoms with E-state index in [2.05, 4.69) is 10.1 Å². The number of hydrogen-bond acceptors (Lipinski definition) is 5. The van der Waals surface area contributed by atoms with Crippen molar-refractivity contribution in [1.82, 2.24) is 15.0 Å². The summed E-state index contributed by atoms with van der Waals surface area (Å²) in [7, 11) is 0. The van der Waals surface area contributed by atoms with Crippen molar-refractivity contribution < 1.29 is 14.1 Å². The van der Waals surface area contributed by atoms with Crippen molar-refractivity contribution in [3.63, 3.8) is 0 Å². The zero-order chi connectivity index (χ0) is 18.6. The SMILES string of the molecule is Cc1ccccc1C(=O)N1CCC[C@H](c2nc(Oc3ccccc3)no2)C1. The molecule has 6 nitrogen and oxygen atoms in total. The standard InChI is InChI=1S/C21H21N3O3/c1-15-8-5-6-12-18(15)20(25)24-13-7-9-16(14-24)19-22-21(23-27-19)26-17-10-3-2-4-11-17/h2-6,8,10-12,16H,7,9,13-14H2,1H3/t16-/m0/s1. The Kier molecular flexibility index (Phi) is 4.87. The summed E-state index contributed by atoms with van der Waals surface area (Å²) < 4.78 is 11.0. The molecule has 3 aromatic rings. The number of benzene rings is 2. The number of aryl methyl sites for hydroxylation is 1. The van der Waals surface area contributed by atoms with Crippen molar-refractivity contribution in [1.29, 1.82) is 0 Å². The number of hydrogen-bond donors (Lipinski definition) is 0. The van der Waals surface area contributed by atoms with Crippen LogP contribution >= 0.6 is 0 Å². The molecule has 1 aliphatic rings. The third kappa shape index (κ3) is 3.84. The van der Waals surface area contributed by atoms with Crippen LogP contribution in [0.3, 0.4) is 0 Å². The van der Waals surface area contributed by atoms with Gasteiger partial charge < -0.3 is 14.2 Å². The normalized spacial score (nSPS) is 16.9. The van der Waals surface area contributed by atoms with Crippen LogP contribution in [0.25, 0.3) is 0 Å². The van der Waals surface area contributed by atoms with Gasteiger partial charge in [0.15, 0.2) is 0 Å². The molecule has 0 N–H and O–H groups in total. The second-order valence-electron chi connectivity index (χ2n) is 6.74. The summed E-state index contributed by atoms with van der Waals surface area (Å²) in [5.74, 6) is 1.25. The molecular formula is C21H21N3O3. The van der Waals surface area contributed by atoms with E-state index in [9.17, 15) is 4.79 Å². The maximum Gasteiger partial charge on any atom is 0.359 e. The van der Waals surface area contributed by atoms with Crippen molar-refractivity contribution in [2.75, 3.05) is 13.1 Å². The number of piperidine rings is 1. The van der Waals surface area contributed by atoms with Crippen molar-refractivity contribution in [2.45, 2.75) is 25.7 Å². The molecule has 1 aliphatic heterocycles. The highest BCUT2D eigenvalue weighted by molar-refractivity contribution is 5.95. The largest absolute Gasteiger partial charge is 0.422 e. The number of ether oxygens (including phenoxy) is 1. The van der Waals surface area contributed by atoms with E-state index in [1.165, 1.54) is 0 Å². The highest BCUT2D eigenvalue weighted by atomic mass is 16.6. The number of para-hydroxylation sites is 1. The van der Waals surface area contributed by atoms with Gasteiger partial charge in [0.1, 0.15) is 5.75 Å². The van der Waals surface area contributed by atoms with Gasteiger partial charge >= 0.3 is 6.01 Å². The first-order chi connectivity index (χ1) is 13.2. The minimum Gasteiger partial charge on any atom is -0.422 e. The zero-order valence-corrected chi connectivity index (χ0v) is 15.2. The lowest BCUT2D eigenvalue weighted by Gasteiger charge is -2.31. The Morgan fingerprint density at radius 1 is 1.15 bits per heavy atom. The van der Waals surface area contributed by atoms with Gasteiger partial charge in [-0.15, -0.1) is 0 Å². The highest BCUT2D eigenvalue weighted by Crippen LogP contribution is 2.29. The molecule has 0 unspecified atom stereocenters. The molecule has 2 heterocycles. The van der Waals surface area contributed by atoms with Crippen molar-refractivity contribution in [3.05, 3.63) is 71.6 Å². The first-order valence-corrected chi connectivity index (χ1v) is 9.12. The average Bonchev–Trinajstić information content (AvgIpc) is 3.17. The number of rotatable bonds is 4. The molecule has 1 fully saturated rings. The summed E-state index contributed by atoms with van der Waals surface area (Å²) in [6.45, 7) is 3.27. The van der Waals surface area contributed by atoms with E-state index in [1.54, 1.807) is 0 Å². The van der Waals surface area contributed by atoms with Crippen LogP contribution in [0, 0.1) is 6.92 Å². The number of carbonyl (C=O) groups excluding carboxylic acids is 1. The highest BCUT2D eigenvalue weighted by Gasteiger charge is 2.29. The average molecular weight is 363 g/mol. The van der Waals surface area contributed by atoms with E-state index in [4.69, 9.17) is 9.26 Å². The van der Waals surface area contributed by atoms with Crippen LogP contribution in [0.5, 0.6) is 11.8 Å². The second kappa shape index (κ2) is 7.61. The molecule has 1 amide bonds. The molecule has 0 radical (unpaired) electrons. The molecule has 1 aromatic heterocycles. The Balaban J connectivity index is 1.46. The summed E-state index contributed by atoms with van der Waals surface area (Å²) in [5.41, 5.74) is 1.73. The summed E-state index contributed by atoms with van der Waals surface area (Å²) in [6.07, 6.45) is 1.81. The van der Waals surface area contributed by atoms with Crippen LogP contribution in [0.4, 0.5) is 0 Å². The molecule has 0 aliphatic carbocycles. The first-order valence-electron chi connectivity index (χ1n) is 9.12. The number of aromatic nitrogens is 2. The second-order valence-corrected chi connectivity index (χ2v) is 6.74. The van der Waals surface area contributed by atoms with Crippen LogP contribution < -0.4 is 4.74 Å². The van der Waals surface area contributed by atoms with Crippen LogP contribution in [0.15, 0.2) is 59.1 Å². The van der Waals surface area contributed by atoms with Gasteiger partial charge in [-0.05, 0) is 48.7 Å². The molecule has 138 valence electrons. The number of likely N-dealkylation sites (tertiary alicyclic amines) is 1. The molecule has 0 spiro atoms. The van der Waals surface area contributed by atoms with Gasteiger partial charge in [0.2, 0.25) is 5.89 Å². The third-order valence-electron chi connectivity index (χ3n) is 4.81. The summed E-state index contributed by atoms with van der Waals surface area (Å²) in [5, 5.41) is 3.92. The van der Waals surface area contributed by atoms with Gasteiger partial charge in [-0.25, -0.2) is 0 Å². The zero-order valence-electron chi connectivity index (χ0n) is 15.2. The van der Waals surface area contributed by atoms with Gasteiger partial charge in [0.25, 0.3) is 5.91 Å².